The molecule has 0 saturated heterocycles. The van der Waals surface area contributed by atoms with E-state index >= 15 is 0 Å². The lowest BCUT2D eigenvalue weighted by Crippen LogP contribution is -2.29. The number of alkyl halides is 3. The molecule has 0 radical (unpaired) electrons. The molecule has 0 fully saturated rings. The number of carbonyl (C=O) groups is 2. The Morgan fingerprint density at radius 3 is 2.24 bits per heavy atom. The molecule has 0 N–H and O–H groups in total. The molecule has 1 amide bonds. The fourth-order valence-corrected chi connectivity index (χ4v) is 3.95. The van der Waals surface area contributed by atoms with Gasteiger partial charge >= 0.3 is 12.1 Å². The zero-order chi connectivity index (χ0) is 27.0. The fourth-order valence-electron chi connectivity index (χ4n) is 3.95. The summed E-state index contributed by atoms with van der Waals surface area (Å²) >= 11 is 0. The van der Waals surface area contributed by atoms with E-state index < -0.39 is 23.8 Å². The predicted molar refractivity (Wildman–Crippen MR) is 135 cm³/mol. The van der Waals surface area contributed by atoms with Gasteiger partial charge in [0.15, 0.2) is 0 Å². The van der Waals surface area contributed by atoms with Crippen LogP contribution in [0.5, 0.6) is 5.75 Å². The molecule has 3 aromatic carbocycles. The first kappa shape index (κ1) is 27.8. The monoisotopic (exact) mass is 513 g/mol. The molecule has 0 bridgehead atoms. The van der Waals surface area contributed by atoms with Crippen molar-refractivity contribution in [1.29, 1.82) is 0 Å². The lowest BCUT2D eigenvalue weighted by Gasteiger charge is -2.22. The molecular formula is C29H30F3NO4. The maximum Gasteiger partial charge on any atom is 0.417 e. The number of benzene rings is 3. The van der Waals surface area contributed by atoms with E-state index in [1.807, 2.05) is 6.92 Å². The molecule has 5 nitrogen and oxygen atoms in total. The van der Waals surface area contributed by atoms with Gasteiger partial charge in [0.2, 0.25) is 0 Å². The maximum atomic E-state index is 14.0. The van der Waals surface area contributed by atoms with Gasteiger partial charge in [-0.3, -0.25) is 9.59 Å². The Labute approximate surface area is 214 Å². The third-order valence-corrected chi connectivity index (χ3v) is 5.96. The van der Waals surface area contributed by atoms with Crippen LogP contribution in [-0.2, 0) is 15.7 Å². The molecule has 3 aromatic rings. The lowest BCUT2D eigenvalue weighted by molar-refractivity contribution is -0.140. The minimum Gasteiger partial charge on any atom is -0.486 e. The summed E-state index contributed by atoms with van der Waals surface area (Å²) in [5.41, 5.74) is 0.726. The molecule has 3 rings (SSSR count). The molecule has 0 aliphatic heterocycles. The van der Waals surface area contributed by atoms with E-state index in [9.17, 15) is 22.8 Å². The number of hydrogen-bond donors (Lipinski definition) is 0. The third-order valence-electron chi connectivity index (χ3n) is 5.96. The van der Waals surface area contributed by atoms with Crippen LogP contribution in [0.2, 0.25) is 0 Å². The number of amides is 1. The molecule has 1 unspecified atom stereocenters. The normalized spacial score (nSPS) is 12.1. The highest BCUT2D eigenvalue weighted by atomic mass is 19.4. The number of hydrogen-bond acceptors (Lipinski definition) is 4. The van der Waals surface area contributed by atoms with Crippen LogP contribution in [0.15, 0.2) is 72.8 Å². The zero-order valence-electron chi connectivity index (χ0n) is 21.0. The molecule has 0 aliphatic carbocycles. The zero-order valence-corrected chi connectivity index (χ0v) is 21.0. The van der Waals surface area contributed by atoms with Crippen molar-refractivity contribution in [2.24, 2.45) is 0 Å². The van der Waals surface area contributed by atoms with Gasteiger partial charge in [-0.05, 0) is 53.4 Å². The van der Waals surface area contributed by atoms with Crippen LogP contribution in [0.4, 0.5) is 13.2 Å². The second kappa shape index (κ2) is 12.4. The van der Waals surface area contributed by atoms with Crippen LogP contribution in [0.1, 0.15) is 53.8 Å². The number of esters is 1. The van der Waals surface area contributed by atoms with Crippen molar-refractivity contribution in [3.05, 3.63) is 89.5 Å². The Morgan fingerprint density at radius 2 is 1.65 bits per heavy atom. The number of rotatable bonds is 10. The molecular weight excluding hydrogens is 483 g/mol. The first-order valence-corrected chi connectivity index (χ1v) is 12.0. The van der Waals surface area contributed by atoms with Crippen molar-refractivity contribution in [2.75, 3.05) is 20.7 Å². The molecule has 37 heavy (non-hydrogen) atoms. The first-order valence-electron chi connectivity index (χ1n) is 12.0. The van der Waals surface area contributed by atoms with Crippen molar-refractivity contribution in [1.82, 2.24) is 4.90 Å². The predicted octanol–water partition coefficient (Wildman–Crippen LogP) is 6.93. The van der Waals surface area contributed by atoms with Crippen LogP contribution < -0.4 is 4.74 Å². The van der Waals surface area contributed by atoms with Gasteiger partial charge in [-0.15, -0.1) is 0 Å². The molecule has 196 valence electrons. The molecule has 8 heteroatoms. The Kier molecular flexibility index (Phi) is 9.33. The van der Waals surface area contributed by atoms with E-state index in [-0.39, 0.29) is 24.4 Å². The van der Waals surface area contributed by atoms with Crippen LogP contribution >= 0.6 is 0 Å². The summed E-state index contributed by atoms with van der Waals surface area (Å²) in [6.07, 6.45) is -3.82. The molecule has 0 aliphatic rings. The molecule has 1 atom stereocenters. The summed E-state index contributed by atoms with van der Waals surface area (Å²) in [7, 11) is 2.88. The highest BCUT2D eigenvalue weighted by Gasteiger charge is 2.34. The molecule has 0 aromatic heterocycles. The standard InChI is InChI=1S/C29H30F3NO4/c1-4-8-26(22-13-16-24(20-9-6-5-7-10-20)25(19-22)29(30,31)32)37-23-14-11-21(12-15-23)28(35)33(2)18-17-27(34)36-3/h5-7,9-16,19,26H,4,8,17-18H2,1-3H3. The highest BCUT2D eigenvalue weighted by Crippen LogP contribution is 2.39. The lowest BCUT2D eigenvalue weighted by atomic mass is 9.94. The van der Waals surface area contributed by atoms with Gasteiger partial charge < -0.3 is 14.4 Å². The van der Waals surface area contributed by atoms with E-state index in [0.29, 0.717) is 35.3 Å². The van der Waals surface area contributed by atoms with E-state index in [0.717, 1.165) is 6.07 Å². The number of carbonyl (C=O) groups excluding carboxylic acids is 2. The first-order chi connectivity index (χ1) is 17.6. The van der Waals surface area contributed by atoms with E-state index in [1.165, 1.54) is 18.1 Å². The maximum absolute atomic E-state index is 14.0. The SMILES string of the molecule is CCCC(Oc1ccc(C(=O)N(C)CCC(=O)OC)cc1)c1ccc(-c2ccccc2)c(C(F)(F)F)c1. The Bertz CT molecular complexity index is 1190. The summed E-state index contributed by atoms with van der Waals surface area (Å²) in [5, 5.41) is 0. The van der Waals surface area contributed by atoms with Crippen LogP contribution in [0.25, 0.3) is 11.1 Å². The summed E-state index contributed by atoms with van der Waals surface area (Å²) in [6, 6.07) is 19.2. The second-order valence-electron chi connectivity index (χ2n) is 8.64. The summed E-state index contributed by atoms with van der Waals surface area (Å²) in [5.74, 6) is -0.240. The van der Waals surface area contributed by atoms with E-state index in [2.05, 4.69) is 4.74 Å². The Hall–Kier alpha value is -3.81. The number of methoxy groups -OCH3 is 1. The van der Waals surface area contributed by atoms with Gasteiger partial charge in [0, 0.05) is 19.2 Å². The third kappa shape index (κ3) is 7.35. The van der Waals surface area contributed by atoms with Crippen LogP contribution in [0, 0.1) is 0 Å². The Balaban J connectivity index is 1.81. The summed E-state index contributed by atoms with van der Waals surface area (Å²) < 4.78 is 52.7. The minimum absolute atomic E-state index is 0.0849. The van der Waals surface area contributed by atoms with Crippen molar-refractivity contribution in [3.63, 3.8) is 0 Å². The average molecular weight is 514 g/mol. The topological polar surface area (TPSA) is 55.8 Å². The smallest absolute Gasteiger partial charge is 0.417 e. The fraction of sp³-hybridized carbons (Fsp3) is 0.310. The van der Waals surface area contributed by atoms with E-state index in [1.54, 1.807) is 67.7 Å². The van der Waals surface area contributed by atoms with Crippen LogP contribution in [0.3, 0.4) is 0 Å². The van der Waals surface area contributed by atoms with Gasteiger partial charge in [0.05, 0.1) is 19.1 Å². The Morgan fingerprint density at radius 1 is 0.973 bits per heavy atom. The van der Waals surface area contributed by atoms with Crippen molar-refractivity contribution in [2.45, 2.75) is 38.5 Å². The largest absolute Gasteiger partial charge is 0.486 e. The highest BCUT2D eigenvalue weighted by molar-refractivity contribution is 5.94. The number of ether oxygens (including phenoxy) is 2. The van der Waals surface area contributed by atoms with Crippen molar-refractivity contribution >= 4 is 11.9 Å². The average Bonchev–Trinajstić information content (AvgIpc) is 2.91. The van der Waals surface area contributed by atoms with Gasteiger partial charge in [-0.2, -0.15) is 13.2 Å². The van der Waals surface area contributed by atoms with Gasteiger partial charge in [-0.1, -0.05) is 55.8 Å². The number of nitrogens with zero attached hydrogens (tertiary/aromatic N) is 1. The second-order valence-corrected chi connectivity index (χ2v) is 8.64. The molecule has 0 saturated carbocycles. The number of halogens is 3. The van der Waals surface area contributed by atoms with Gasteiger partial charge in [0.25, 0.3) is 5.91 Å². The summed E-state index contributed by atoms with van der Waals surface area (Å²) in [4.78, 5) is 25.3. The molecule has 0 heterocycles. The van der Waals surface area contributed by atoms with Gasteiger partial charge in [0.1, 0.15) is 11.9 Å². The van der Waals surface area contributed by atoms with E-state index in [4.69, 9.17) is 4.74 Å². The van der Waals surface area contributed by atoms with Crippen molar-refractivity contribution in [3.8, 4) is 16.9 Å². The minimum atomic E-state index is -4.53. The van der Waals surface area contributed by atoms with Gasteiger partial charge in [-0.25, -0.2) is 0 Å². The quantitative estimate of drug-likeness (QED) is 0.276. The van der Waals surface area contributed by atoms with Crippen LogP contribution in [-0.4, -0.2) is 37.5 Å². The molecule has 0 spiro atoms. The summed E-state index contributed by atoms with van der Waals surface area (Å²) in [6.45, 7) is 2.15. The van der Waals surface area contributed by atoms with Crippen molar-refractivity contribution < 1.29 is 32.2 Å².